The largest absolute Gasteiger partial charge is 0.378 e. The molecule has 0 aromatic heterocycles. The number of rotatable bonds is 4. The summed E-state index contributed by atoms with van der Waals surface area (Å²) in [6, 6.07) is 17.3. The van der Waals surface area contributed by atoms with Crippen LogP contribution in [0, 0.1) is 0 Å². The lowest BCUT2D eigenvalue weighted by molar-refractivity contribution is 0.419. The van der Waals surface area contributed by atoms with Crippen LogP contribution >= 0.6 is 0 Å². The lowest BCUT2D eigenvalue weighted by atomic mass is 9.79. The molecule has 1 aliphatic carbocycles. The molecule has 2 heteroatoms. The zero-order chi connectivity index (χ0) is 14.8. The fraction of sp³-hybridized carbons (Fsp3) is 0.368. The Morgan fingerprint density at radius 2 is 1.67 bits per heavy atom. The SMILES string of the molecule is CN(C)c1cccc(C(N)c2cccc(C3CCC3)c2)c1. The van der Waals surface area contributed by atoms with E-state index in [1.165, 1.54) is 41.6 Å². The third-order valence-electron chi connectivity index (χ3n) is 4.59. The molecule has 1 atom stereocenters. The predicted molar refractivity (Wildman–Crippen MR) is 89.8 cm³/mol. The van der Waals surface area contributed by atoms with E-state index >= 15 is 0 Å². The van der Waals surface area contributed by atoms with E-state index in [9.17, 15) is 0 Å². The summed E-state index contributed by atoms with van der Waals surface area (Å²) in [6.07, 6.45) is 4.02. The second kappa shape index (κ2) is 5.90. The maximum absolute atomic E-state index is 6.50. The average Bonchev–Trinajstić information content (AvgIpc) is 2.45. The average molecular weight is 280 g/mol. The zero-order valence-electron chi connectivity index (χ0n) is 12.9. The number of nitrogens with two attached hydrogens (primary N) is 1. The minimum atomic E-state index is -0.0510. The van der Waals surface area contributed by atoms with E-state index in [-0.39, 0.29) is 6.04 Å². The normalized spacial score (nSPS) is 16.3. The molecule has 1 unspecified atom stereocenters. The summed E-state index contributed by atoms with van der Waals surface area (Å²) < 4.78 is 0. The summed E-state index contributed by atoms with van der Waals surface area (Å²) in [4.78, 5) is 2.11. The van der Waals surface area contributed by atoms with E-state index in [4.69, 9.17) is 5.73 Å². The van der Waals surface area contributed by atoms with Crippen molar-refractivity contribution in [3.8, 4) is 0 Å². The van der Waals surface area contributed by atoms with Gasteiger partial charge in [-0.05, 0) is 47.6 Å². The molecule has 3 rings (SSSR count). The lowest BCUT2D eigenvalue weighted by Crippen LogP contribution is -2.15. The maximum atomic E-state index is 6.50. The molecule has 1 aliphatic rings. The molecule has 21 heavy (non-hydrogen) atoms. The number of nitrogens with zero attached hydrogens (tertiary/aromatic N) is 1. The second-order valence-electron chi connectivity index (χ2n) is 6.27. The molecular weight excluding hydrogens is 256 g/mol. The fourth-order valence-electron chi connectivity index (χ4n) is 2.94. The molecule has 2 aromatic rings. The molecule has 0 aliphatic heterocycles. The molecule has 2 N–H and O–H groups in total. The molecule has 0 bridgehead atoms. The molecule has 0 saturated heterocycles. The van der Waals surface area contributed by atoms with Gasteiger partial charge < -0.3 is 10.6 Å². The molecule has 2 nitrogen and oxygen atoms in total. The van der Waals surface area contributed by atoms with Crippen LogP contribution in [0.5, 0.6) is 0 Å². The van der Waals surface area contributed by atoms with Gasteiger partial charge in [-0.25, -0.2) is 0 Å². The van der Waals surface area contributed by atoms with Crippen LogP contribution in [0.4, 0.5) is 5.69 Å². The number of anilines is 1. The Morgan fingerprint density at radius 3 is 2.29 bits per heavy atom. The highest BCUT2D eigenvalue weighted by Gasteiger charge is 2.20. The van der Waals surface area contributed by atoms with Crippen LogP contribution in [0.2, 0.25) is 0 Å². The molecule has 1 fully saturated rings. The van der Waals surface area contributed by atoms with E-state index in [2.05, 4.69) is 67.5 Å². The van der Waals surface area contributed by atoms with Gasteiger partial charge in [0.15, 0.2) is 0 Å². The Kier molecular flexibility index (Phi) is 3.98. The van der Waals surface area contributed by atoms with Gasteiger partial charge in [-0.15, -0.1) is 0 Å². The van der Waals surface area contributed by atoms with Crippen molar-refractivity contribution in [1.82, 2.24) is 0 Å². The van der Waals surface area contributed by atoms with Crippen LogP contribution in [-0.4, -0.2) is 14.1 Å². The topological polar surface area (TPSA) is 29.3 Å². The molecule has 0 heterocycles. The van der Waals surface area contributed by atoms with Crippen LogP contribution in [0.15, 0.2) is 48.5 Å². The van der Waals surface area contributed by atoms with E-state index in [1.54, 1.807) is 0 Å². The minimum absolute atomic E-state index is 0.0510. The first kappa shape index (κ1) is 14.2. The van der Waals surface area contributed by atoms with Gasteiger partial charge in [0.25, 0.3) is 0 Å². The van der Waals surface area contributed by atoms with Crippen molar-refractivity contribution in [2.45, 2.75) is 31.2 Å². The van der Waals surface area contributed by atoms with Crippen molar-refractivity contribution < 1.29 is 0 Å². The highest BCUT2D eigenvalue weighted by Crippen LogP contribution is 2.37. The van der Waals surface area contributed by atoms with Crippen LogP contribution < -0.4 is 10.6 Å². The molecule has 2 aromatic carbocycles. The van der Waals surface area contributed by atoms with E-state index in [0.717, 1.165) is 5.92 Å². The summed E-state index contributed by atoms with van der Waals surface area (Å²) in [6.45, 7) is 0. The van der Waals surface area contributed by atoms with Gasteiger partial charge in [-0.3, -0.25) is 0 Å². The van der Waals surface area contributed by atoms with Gasteiger partial charge in [-0.1, -0.05) is 42.8 Å². The Labute approximate surface area is 127 Å². The van der Waals surface area contributed by atoms with E-state index < -0.39 is 0 Å². The fourth-order valence-corrected chi connectivity index (χ4v) is 2.94. The Balaban J connectivity index is 1.87. The first-order chi connectivity index (χ1) is 10.1. The van der Waals surface area contributed by atoms with Gasteiger partial charge in [0.05, 0.1) is 6.04 Å². The maximum Gasteiger partial charge on any atom is 0.0552 e. The smallest absolute Gasteiger partial charge is 0.0552 e. The van der Waals surface area contributed by atoms with Crippen LogP contribution in [-0.2, 0) is 0 Å². The van der Waals surface area contributed by atoms with Gasteiger partial charge in [0.1, 0.15) is 0 Å². The van der Waals surface area contributed by atoms with Gasteiger partial charge in [0.2, 0.25) is 0 Å². The van der Waals surface area contributed by atoms with Crippen molar-refractivity contribution in [1.29, 1.82) is 0 Å². The van der Waals surface area contributed by atoms with Gasteiger partial charge in [-0.2, -0.15) is 0 Å². The minimum Gasteiger partial charge on any atom is -0.378 e. The Hall–Kier alpha value is -1.80. The summed E-state index contributed by atoms with van der Waals surface area (Å²) in [7, 11) is 4.11. The number of hydrogen-bond donors (Lipinski definition) is 1. The highest BCUT2D eigenvalue weighted by atomic mass is 15.1. The summed E-state index contributed by atoms with van der Waals surface area (Å²) in [5.74, 6) is 0.755. The molecule has 0 amide bonds. The third kappa shape index (κ3) is 2.96. The number of hydrogen-bond acceptors (Lipinski definition) is 2. The molecule has 0 spiro atoms. The van der Waals surface area contributed by atoms with Crippen molar-refractivity contribution >= 4 is 5.69 Å². The third-order valence-corrected chi connectivity index (χ3v) is 4.59. The monoisotopic (exact) mass is 280 g/mol. The molecule has 0 radical (unpaired) electrons. The van der Waals surface area contributed by atoms with Gasteiger partial charge in [0, 0.05) is 19.8 Å². The standard InChI is InChI=1S/C19H24N2/c1-21(2)18-11-5-10-17(13-18)19(20)16-9-4-8-15(12-16)14-6-3-7-14/h4-5,8-14,19H,3,6-7,20H2,1-2H3. The summed E-state index contributed by atoms with van der Waals surface area (Å²) >= 11 is 0. The van der Waals surface area contributed by atoms with Crippen LogP contribution in [0.1, 0.15) is 47.9 Å². The molecule has 110 valence electrons. The van der Waals surface area contributed by atoms with E-state index in [1.807, 2.05) is 0 Å². The first-order valence-electron chi connectivity index (χ1n) is 7.78. The quantitative estimate of drug-likeness (QED) is 0.914. The first-order valence-corrected chi connectivity index (χ1v) is 7.78. The van der Waals surface area contributed by atoms with Gasteiger partial charge >= 0.3 is 0 Å². The van der Waals surface area contributed by atoms with Crippen molar-refractivity contribution in [3.05, 3.63) is 65.2 Å². The van der Waals surface area contributed by atoms with Crippen molar-refractivity contribution in [2.75, 3.05) is 19.0 Å². The second-order valence-corrected chi connectivity index (χ2v) is 6.27. The highest BCUT2D eigenvalue weighted by molar-refractivity contribution is 5.49. The van der Waals surface area contributed by atoms with Crippen LogP contribution in [0.3, 0.4) is 0 Å². The Bertz CT molecular complexity index is 614. The lowest BCUT2D eigenvalue weighted by Gasteiger charge is -2.26. The van der Waals surface area contributed by atoms with Crippen molar-refractivity contribution in [2.24, 2.45) is 5.73 Å². The summed E-state index contributed by atoms with van der Waals surface area (Å²) in [5, 5.41) is 0. The van der Waals surface area contributed by atoms with E-state index in [0.29, 0.717) is 0 Å². The predicted octanol–water partition coefficient (Wildman–Crippen LogP) is 4.07. The number of benzene rings is 2. The van der Waals surface area contributed by atoms with Crippen molar-refractivity contribution in [3.63, 3.8) is 0 Å². The Morgan fingerprint density at radius 1 is 1.00 bits per heavy atom. The zero-order valence-corrected chi connectivity index (χ0v) is 12.9. The summed E-state index contributed by atoms with van der Waals surface area (Å²) in [5.41, 5.74) is 11.5. The molecule has 1 saturated carbocycles. The molecular formula is C19H24N2. The van der Waals surface area contributed by atoms with Crippen LogP contribution in [0.25, 0.3) is 0 Å².